The average molecular weight is 340 g/mol. The SMILES string of the molecule is CC(C)(CC(=O)N1CCN(Cc2nccn2C(F)F)CC1)C1CC1. The summed E-state index contributed by atoms with van der Waals surface area (Å²) in [6.07, 6.45) is 5.80. The molecule has 0 aromatic carbocycles. The van der Waals surface area contributed by atoms with Crippen LogP contribution in [0.5, 0.6) is 0 Å². The third-order valence-corrected chi connectivity index (χ3v) is 5.34. The molecule has 5 nitrogen and oxygen atoms in total. The standard InChI is InChI=1S/C17H26F2N4O/c1-17(2,13-3-4-13)11-15(24)22-9-7-21(8-10-22)12-14-20-5-6-23(14)16(18)19/h5-6,13,16H,3-4,7-12H2,1-2H3. The number of hydrogen-bond donors (Lipinski definition) is 0. The lowest BCUT2D eigenvalue weighted by Crippen LogP contribution is -2.49. The van der Waals surface area contributed by atoms with Crippen molar-refractivity contribution in [2.75, 3.05) is 26.2 Å². The number of amides is 1. The minimum Gasteiger partial charge on any atom is -0.340 e. The normalized spacial score (nSPS) is 20.0. The summed E-state index contributed by atoms with van der Waals surface area (Å²) in [5.74, 6) is 1.29. The van der Waals surface area contributed by atoms with E-state index in [1.54, 1.807) is 0 Å². The average Bonchev–Trinajstić information content (AvgIpc) is 3.29. The summed E-state index contributed by atoms with van der Waals surface area (Å²) in [5, 5.41) is 0. The van der Waals surface area contributed by atoms with Crippen molar-refractivity contribution in [1.82, 2.24) is 19.4 Å². The van der Waals surface area contributed by atoms with Crippen molar-refractivity contribution in [3.63, 3.8) is 0 Å². The van der Waals surface area contributed by atoms with Gasteiger partial charge in [-0.1, -0.05) is 13.8 Å². The Bertz CT molecular complexity index is 575. The third-order valence-electron chi connectivity index (χ3n) is 5.34. The molecule has 1 aromatic heterocycles. The second-order valence-corrected chi connectivity index (χ2v) is 7.62. The highest BCUT2D eigenvalue weighted by Gasteiger charge is 2.40. The third kappa shape index (κ3) is 3.94. The van der Waals surface area contributed by atoms with Gasteiger partial charge < -0.3 is 4.90 Å². The van der Waals surface area contributed by atoms with Crippen LogP contribution in [0.15, 0.2) is 12.4 Å². The predicted octanol–water partition coefficient (Wildman–Crippen LogP) is 2.75. The molecule has 1 saturated heterocycles. The molecular weight excluding hydrogens is 314 g/mol. The van der Waals surface area contributed by atoms with Gasteiger partial charge in [-0.15, -0.1) is 0 Å². The lowest BCUT2D eigenvalue weighted by atomic mass is 9.83. The van der Waals surface area contributed by atoms with Gasteiger partial charge in [-0.25, -0.2) is 4.98 Å². The Morgan fingerprint density at radius 3 is 2.54 bits per heavy atom. The minimum atomic E-state index is -2.56. The van der Waals surface area contributed by atoms with Crippen LogP contribution in [-0.2, 0) is 11.3 Å². The van der Waals surface area contributed by atoms with Crippen molar-refractivity contribution < 1.29 is 13.6 Å². The first-order valence-electron chi connectivity index (χ1n) is 8.67. The van der Waals surface area contributed by atoms with Crippen LogP contribution in [0.3, 0.4) is 0 Å². The number of piperazine rings is 1. The summed E-state index contributed by atoms with van der Waals surface area (Å²) in [5.41, 5.74) is 0.0935. The summed E-state index contributed by atoms with van der Waals surface area (Å²) in [7, 11) is 0. The van der Waals surface area contributed by atoms with E-state index in [9.17, 15) is 13.6 Å². The number of alkyl halides is 2. The molecule has 1 aliphatic carbocycles. The first kappa shape index (κ1) is 17.3. The molecule has 1 aromatic rings. The molecule has 0 atom stereocenters. The van der Waals surface area contributed by atoms with Gasteiger partial charge in [0.2, 0.25) is 5.91 Å². The number of rotatable bonds is 6. The Balaban J connectivity index is 1.48. The van der Waals surface area contributed by atoms with Crippen LogP contribution >= 0.6 is 0 Å². The molecule has 0 N–H and O–H groups in total. The van der Waals surface area contributed by atoms with Crippen LogP contribution < -0.4 is 0 Å². The van der Waals surface area contributed by atoms with E-state index in [0.29, 0.717) is 50.9 Å². The van der Waals surface area contributed by atoms with Crippen LogP contribution in [0.4, 0.5) is 8.78 Å². The van der Waals surface area contributed by atoms with Gasteiger partial charge in [-0.3, -0.25) is 14.3 Å². The Morgan fingerprint density at radius 1 is 1.29 bits per heavy atom. The van der Waals surface area contributed by atoms with E-state index in [1.807, 2.05) is 4.90 Å². The van der Waals surface area contributed by atoms with E-state index in [-0.39, 0.29) is 11.3 Å². The molecule has 0 spiro atoms. The van der Waals surface area contributed by atoms with Crippen molar-refractivity contribution in [1.29, 1.82) is 0 Å². The van der Waals surface area contributed by atoms with Crippen LogP contribution in [0, 0.1) is 11.3 Å². The molecule has 0 radical (unpaired) electrons. The second kappa shape index (κ2) is 6.78. The largest absolute Gasteiger partial charge is 0.340 e. The molecule has 3 rings (SSSR count). The molecule has 1 saturated carbocycles. The zero-order chi connectivity index (χ0) is 17.3. The second-order valence-electron chi connectivity index (χ2n) is 7.62. The van der Waals surface area contributed by atoms with Crippen LogP contribution in [0.2, 0.25) is 0 Å². The van der Waals surface area contributed by atoms with E-state index < -0.39 is 6.55 Å². The fourth-order valence-corrected chi connectivity index (χ4v) is 3.51. The van der Waals surface area contributed by atoms with Crippen molar-refractivity contribution in [3.8, 4) is 0 Å². The van der Waals surface area contributed by atoms with Gasteiger partial charge in [-0.2, -0.15) is 8.78 Å². The van der Waals surface area contributed by atoms with Gasteiger partial charge in [0.25, 0.3) is 0 Å². The molecule has 134 valence electrons. The zero-order valence-electron chi connectivity index (χ0n) is 14.4. The molecule has 1 aliphatic heterocycles. The monoisotopic (exact) mass is 340 g/mol. The van der Waals surface area contributed by atoms with Gasteiger partial charge in [-0.05, 0) is 24.2 Å². The summed E-state index contributed by atoms with van der Waals surface area (Å²) < 4.78 is 26.6. The smallest absolute Gasteiger partial charge is 0.319 e. The number of hydrogen-bond acceptors (Lipinski definition) is 3. The van der Waals surface area contributed by atoms with Gasteiger partial charge in [0.15, 0.2) is 0 Å². The topological polar surface area (TPSA) is 41.4 Å². The predicted molar refractivity (Wildman–Crippen MR) is 86.5 cm³/mol. The Kier molecular flexibility index (Phi) is 4.90. The maximum absolute atomic E-state index is 12.9. The number of halogens is 2. The fourth-order valence-electron chi connectivity index (χ4n) is 3.51. The summed E-state index contributed by atoms with van der Waals surface area (Å²) in [4.78, 5) is 20.5. The maximum atomic E-state index is 12.9. The van der Waals surface area contributed by atoms with Crippen molar-refractivity contribution in [2.24, 2.45) is 11.3 Å². The molecule has 7 heteroatoms. The zero-order valence-corrected chi connectivity index (χ0v) is 14.4. The Labute approximate surface area is 141 Å². The first-order chi connectivity index (χ1) is 11.4. The number of imidazole rings is 1. The van der Waals surface area contributed by atoms with Gasteiger partial charge in [0.05, 0.1) is 6.54 Å². The lowest BCUT2D eigenvalue weighted by molar-refractivity contribution is -0.135. The summed E-state index contributed by atoms with van der Waals surface area (Å²) in [6, 6.07) is 0. The highest BCUT2D eigenvalue weighted by molar-refractivity contribution is 5.77. The first-order valence-corrected chi connectivity index (χ1v) is 8.67. The molecule has 2 heterocycles. The van der Waals surface area contributed by atoms with Crippen molar-refractivity contribution in [2.45, 2.75) is 46.2 Å². The molecule has 24 heavy (non-hydrogen) atoms. The molecule has 0 unspecified atom stereocenters. The number of carbonyl (C=O) groups excluding carboxylic acids is 1. The highest BCUT2D eigenvalue weighted by atomic mass is 19.3. The highest BCUT2D eigenvalue weighted by Crippen LogP contribution is 2.47. The quantitative estimate of drug-likeness (QED) is 0.800. The Morgan fingerprint density at radius 2 is 1.96 bits per heavy atom. The van der Waals surface area contributed by atoms with Crippen LogP contribution in [0.25, 0.3) is 0 Å². The number of carbonyl (C=O) groups is 1. The molecule has 0 bridgehead atoms. The molecule has 2 aliphatic rings. The van der Waals surface area contributed by atoms with E-state index in [1.165, 1.54) is 25.2 Å². The van der Waals surface area contributed by atoms with Crippen molar-refractivity contribution >= 4 is 5.91 Å². The van der Waals surface area contributed by atoms with E-state index in [2.05, 4.69) is 23.7 Å². The fraction of sp³-hybridized carbons (Fsp3) is 0.765. The van der Waals surface area contributed by atoms with Crippen LogP contribution in [-0.4, -0.2) is 51.4 Å². The maximum Gasteiger partial charge on any atom is 0.319 e. The number of nitrogens with zero attached hydrogens (tertiary/aromatic N) is 4. The summed E-state index contributed by atoms with van der Waals surface area (Å²) >= 11 is 0. The van der Waals surface area contributed by atoms with E-state index in [4.69, 9.17) is 0 Å². The molecule has 1 amide bonds. The lowest BCUT2D eigenvalue weighted by Gasteiger charge is -2.36. The number of aromatic nitrogens is 2. The van der Waals surface area contributed by atoms with E-state index >= 15 is 0 Å². The van der Waals surface area contributed by atoms with Gasteiger partial charge >= 0.3 is 6.55 Å². The molecule has 2 fully saturated rings. The van der Waals surface area contributed by atoms with Gasteiger partial charge in [0.1, 0.15) is 5.82 Å². The van der Waals surface area contributed by atoms with Crippen LogP contribution in [0.1, 0.15) is 45.5 Å². The summed E-state index contributed by atoms with van der Waals surface area (Å²) in [6.45, 7) is 4.93. The van der Waals surface area contributed by atoms with Crippen molar-refractivity contribution in [3.05, 3.63) is 18.2 Å². The Hall–Kier alpha value is -1.50. The minimum absolute atomic E-state index is 0.0935. The van der Waals surface area contributed by atoms with E-state index in [0.717, 1.165) is 4.57 Å². The van der Waals surface area contributed by atoms with Gasteiger partial charge in [0, 0.05) is 45.0 Å². The molecular formula is C17H26F2N4O.